The second-order valence-corrected chi connectivity index (χ2v) is 6.01. The molecule has 29 heavy (non-hydrogen) atoms. The molecule has 0 aliphatic heterocycles. The van der Waals surface area contributed by atoms with Gasteiger partial charge in [-0.2, -0.15) is 0 Å². The van der Waals surface area contributed by atoms with E-state index in [1.54, 1.807) is 64.2 Å². The zero-order chi connectivity index (χ0) is 20.6. The van der Waals surface area contributed by atoms with Gasteiger partial charge in [-0.25, -0.2) is 4.98 Å². The summed E-state index contributed by atoms with van der Waals surface area (Å²) < 4.78 is 16.0. The number of carbonyl (C=O) groups excluding carboxylic acids is 1. The molecule has 0 aliphatic rings. The van der Waals surface area contributed by atoms with Crippen LogP contribution < -0.4 is 24.8 Å². The number of amides is 1. The van der Waals surface area contributed by atoms with Crippen LogP contribution in [0.3, 0.4) is 0 Å². The van der Waals surface area contributed by atoms with Crippen LogP contribution in [-0.4, -0.2) is 37.2 Å². The Labute approximate surface area is 168 Å². The van der Waals surface area contributed by atoms with Gasteiger partial charge in [-0.1, -0.05) is 0 Å². The molecule has 0 unspecified atom stereocenters. The Morgan fingerprint density at radius 1 is 0.931 bits per heavy atom. The van der Waals surface area contributed by atoms with Gasteiger partial charge in [0.15, 0.2) is 11.5 Å². The second kappa shape index (κ2) is 9.41. The largest absolute Gasteiger partial charge is 0.493 e. The average Bonchev–Trinajstić information content (AvgIpc) is 2.77. The van der Waals surface area contributed by atoms with Crippen molar-refractivity contribution in [1.29, 1.82) is 0 Å². The van der Waals surface area contributed by atoms with Crippen LogP contribution in [0.2, 0.25) is 0 Å². The maximum Gasteiger partial charge on any atom is 0.270 e. The zero-order valence-corrected chi connectivity index (χ0v) is 16.4. The van der Waals surface area contributed by atoms with Gasteiger partial charge < -0.3 is 24.8 Å². The van der Waals surface area contributed by atoms with Crippen LogP contribution in [0.1, 0.15) is 16.1 Å². The second-order valence-electron chi connectivity index (χ2n) is 6.01. The lowest BCUT2D eigenvalue weighted by atomic mass is 10.2. The molecule has 0 radical (unpaired) electrons. The Hall–Kier alpha value is -3.81. The summed E-state index contributed by atoms with van der Waals surface area (Å²) in [6.45, 7) is 0.411. The maximum absolute atomic E-state index is 12.3. The van der Waals surface area contributed by atoms with Gasteiger partial charge in [-0.15, -0.1) is 0 Å². The summed E-state index contributed by atoms with van der Waals surface area (Å²) in [5, 5.41) is 6.04. The highest BCUT2D eigenvalue weighted by molar-refractivity contribution is 5.92. The lowest BCUT2D eigenvalue weighted by Crippen LogP contribution is -2.23. The molecule has 0 saturated carbocycles. The third-order valence-corrected chi connectivity index (χ3v) is 4.15. The fourth-order valence-electron chi connectivity index (χ4n) is 2.70. The van der Waals surface area contributed by atoms with Gasteiger partial charge in [0.25, 0.3) is 5.91 Å². The van der Waals surface area contributed by atoms with Gasteiger partial charge in [-0.3, -0.25) is 9.78 Å². The molecule has 1 amide bonds. The van der Waals surface area contributed by atoms with Crippen LogP contribution in [-0.2, 0) is 6.54 Å². The first-order valence-electron chi connectivity index (χ1n) is 8.84. The molecule has 0 spiro atoms. The van der Waals surface area contributed by atoms with Crippen LogP contribution in [0.15, 0.2) is 55.0 Å². The summed E-state index contributed by atoms with van der Waals surface area (Å²) in [6, 6.07) is 10.7. The van der Waals surface area contributed by atoms with E-state index in [9.17, 15) is 4.79 Å². The number of ether oxygens (including phenoxy) is 3. The molecule has 0 atom stereocenters. The molecule has 0 saturated heterocycles. The van der Waals surface area contributed by atoms with Crippen molar-refractivity contribution in [3.05, 3.63) is 66.2 Å². The standard InChI is InChI=1S/C21H22N4O4/c1-27-18-10-16(11-19(28-2)20(18)29-3)25-15-4-5-17(23-13-15)21(26)24-12-14-6-8-22-9-7-14/h4-11,13,25H,12H2,1-3H3,(H,24,26). The first kappa shape index (κ1) is 19.9. The van der Waals surface area contributed by atoms with Crippen molar-refractivity contribution in [2.75, 3.05) is 26.6 Å². The van der Waals surface area contributed by atoms with E-state index in [4.69, 9.17) is 14.2 Å². The number of methoxy groups -OCH3 is 3. The summed E-state index contributed by atoms with van der Waals surface area (Å²) in [4.78, 5) is 20.5. The Kier molecular flexibility index (Phi) is 6.47. The number of anilines is 2. The molecule has 8 heteroatoms. The molecule has 150 valence electrons. The van der Waals surface area contributed by atoms with E-state index < -0.39 is 0 Å². The van der Waals surface area contributed by atoms with Crippen molar-refractivity contribution in [2.24, 2.45) is 0 Å². The van der Waals surface area contributed by atoms with Crippen molar-refractivity contribution >= 4 is 17.3 Å². The van der Waals surface area contributed by atoms with Crippen molar-refractivity contribution in [1.82, 2.24) is 15.3 Å². The molecule has 1 aromatic carbocycles. The number of nitrogens with one attached hydrogen (secondary N) is 2. The van der Waals surface area contributed by atoms with Crippen LogP contribution in [0, 0.1) is 0 Å². The van der Waals surface area contributed by atoms with Gasteiger partial charge in [-0.05, 0) is 29.8 Å². The third-order valence-electron chi connectivity index (χ3n) is 4.15. The quantitative estimate of drug-likeness (QED) is 0.606. The number of pyridine rings is 2. The van der Waals surface area contributed by atoms with Gasteiger partial charge in [0.2, 0.25) is 5.75 Å². The average molecular weight is 394 g/mol. The SMILES string of the molecule is COc1cc(Nc2ccc(C(=O)NCc3ccncc3)nc2)cc(OC)c1OC. The molecule has 3 rings (SSSR count). The van der Waals surface area contributed by atoms with E-state index in [1.807, 2.05) is 12.1 Å². The fraction of sp³-hybridized carbons (Fsp3) is 0.190. The number of aromatic nitrogens is 2. The lowest BCUT2D eigenvalue weighted by Gasteiger charge is -2.15. The molecule has 2 N–H and O–H groups in total. The van der Waals surface area contributed by atoms with E-state index in [1.165, 1.54) is 0 Å². The molecule has 0 aliphatic carbocycles. The van der Waals surface area contributed by atoms with Crippen LogP contribution in [0.5, 0.6) is 17.2 Å². The van der Waals surface area contributed by atoms with Gasteiger partial charge in [0, 0.05) is 36.8 Å². The lowest BCUT2D eigenvalue weighted by molar-refractivity contribution is 0.0946. The van der Waals surface area contributed by atoms with E-state index in [0.29, 0.717) is 35.2 Å². The molecular weight excluding hydrogens is 372 g/mol. The zero-order valence-electron chi connectivity index (χ0n) is 16.4. The molecule has 8 nitrogen and oxygen atoms in total. The highest BCUT2D eigenvalue weighted by Crippen LogP contribution is 2.40. The minimum Gasteiger partial charge on any atom is -0.493 e. The fourth-order valence-corrected chi connectivity index (χ4v) is 2.70. The molecule has 2 heterocycles. The first-order valence-corrected chi connectivity index (χ1v) is 8.84. The highest BCUT2D eigenvalue weighted by atomic mass is 16.5. The van der Waals surface area contributed by atoms with Crippen molar-refractivity contribution in [3.8, 4) is 17.2 Å². The predicted octanol–water partition coefficient (Wildman–Crippen LogP) is 3.18. The first-order chi connectivity index (χ1) is 14.1. The monoisotopic (exact) mass is 394 g/mol. The molecular formula is C21H22N4O4. The van der Waals surface area contributed by atoms with Gasteiger partial charge in [0.1, 0.15) is 5.69 Å². The van der Waals surface area contributed by atoms with Crippen LogP contribution in [0.25, 0.3) is 0 Å². The van der Waals surface area contributed by atoms with Crippen molar-refractivity contribution in [3.63, 3.8) is 0 Å². The number of hydrogen-bond donors (Lipinski definition) is 2. The highest BCUT2D eigenvalue weighted by Gasteiger charge is 2.13. The molecule has 3 aromatic rings. The number of benzene rings is 1. The topological polar surface area (TPSA) is 94.6 Å². The third kappa shape index (κ3) is 4.92. The minimum absolute atomic E-state index is 0.249. The van der Waals surface area contributed by atoms with Gasteiger partial charge in [0.05, 0.1) is 33.2 Å². The Bertz CT molecular complexity index is 937. The molecule has 0 bridgehead atoms. The smallest absolute Gasteiger partial charge is 0.270 e. The van der Waals surface area contributed by atoms with E-state index in [-0.39, 0.29) is 5.91 Å². The van der Waals surface area contributed by atoms with Crippen LogP contribution in [0.4, 0.5) is 11.4 Å². The van der Waals surface area contributed by atoms with Gasteiger partial charge >= 0.3 is 0 Å². The maximum atomic E-state index is 12.3. The molecule has 2 aromatic heterocycles. The van der Waals surface area contributed by atoms with Crippen molar-refractivity contribution < 1.29 is 19.0 Å². The summed E-state index contributed by atoms with van der Waals surface area (Å²) in [6.07, 6.45) is 4.96. The van der Waals surface area contributed by atoms with E-state index in [0.717, 1.165) is 11.3 Å². The number of rotatable bonds is 8. The summed E-state index contributed by atoms with van der Waals surface area (Å²) >= 11 is 0. The molecule has 0 fully saturated rings. The minimum atomic E-state index is -0.249. The Morgan fingerprint density at radius 3 is 2.17 bits per heavy atom. The number of nitrogens with zero attached hydrogens (tertiary/aromatic N) is 2. The summed E-state index contributed by atoms with van der Waals surface area (Å²) in [5.41, 5.74) is 2.74. The summed E-state index contributed by atoms with van der Waals surface area (Å²) in [7, 11) is 4.67. The predicted molar refractivity (Wildman–Crippen MR) is 109 cm³/mol. The Morgan fingerprint density at radius 2 is 1.62 bits per heavy atom. The number of hydrogen-bond acceptors (Lipinski definition) is 7. The van der Waals surface area contributed by atoms with E-state index in [2.05, 4.69) is 20.6 Å². The Balaban J connectivity index is 1.68. The van der Waals surface area contributed by atoms with Crippen LogP contribution >= 0.6 is 0 Å². The van der Waals surface area contributed by atoms with E-state index >= 15 is 0 Å². The normalized spacial score (nSPS) is 10.2. The summed E-state index contributed by atoms with van der Waals surface area (Å²) in [5.74, 6) is 1.34. The van der Waals surface area contributed by atoms with Crippen molar-refractivity contribution in [2.45, 2.75) is 6.54 Å². The number of carbonyl (C=O) groups is 1.